The van der Waals surface area contributed by atoms with Gasteiger partial charge in [0.1, 0.15) is 11.5 Å². The molecule has 2 amide bonds. The Kier molecular flexibility index (Phi) is 9.28. The number of fused-ring (bicyclic) bond motifs is 1. The van der Waals surface area contributed by atoms with Gasteiger partial charge in [-0.05, 0) is 92.9 Å². The molecule has 10 nitrogen and oxygen atoms in total. The Morgan fingerprint density at radius 1 is 0.915 bits per heavy atom. The van der Waals surface area contributed by atoms with Gasteiger partial charge in [0.25, 0.3) is 15.9 Å². The summed E-state index contributed by atoms with van der Waals surface area (Å²) < 4.78 is 41.2. The van der Waals surface area contributed by atoms with Gasteiger partial charge in [-0.15, -0.1) is 0 Å². The number of hydrogen-bond donors (Lipinski definition) is 0. The molecular weight excluding hydrogens is 640 g/mol. The molecule has 0 saturated carbocycles. The molecule has 0 spiro atoms. The van der Waals surface area contributed by atoms with Gasteiger partial charge in [-0.1, -0.05) is 30.2 Å². The lowest BCUT2D eigenvalue weighted by molar-refractivity contribution is -0.142. The number of carbonyl (C=O) groups excluding carboxylic acids is 2. The van der Waals surface area contributed by atoms with Gasteiger partial charge in [-0.3, -0.25) is 19.4 Å². The van der Waals surface area contributed by atoms with Gasteiger partial charge in [-0.25, -0.2) is 12.7 Å². The van der Waals surface area contributed by atoms with Crippen LogP contribution in [-0.2, 0) is 31.7 Å². The zero-order chi connectivity index (χ0) is 33.5. The summed E-state index contributed by atoms with van der Waals surface area (Å²) in [6.45, 7) is 3.12. The van der Waals surface area contributed by atoms with Crippen LogP contribution in [0.1, 0.15) is 48.8 Å². The van der Waals surface area contributed by atoms with Crippen molar-refractivity contribution in [1.82, 2.24) is 14.7 Å². The van der Waals surface area contributed by atoms with E-state index in [1.54, 1.807) is 51.5 Å². The van der Waals surface area contributed by atoms with Crippen LogP contribution < -0.4 is 13.8 Å². The lowest BCUT2D eigenvalue weighted by Gasteiger charge is -2.47. The summed E-state index contributed by atoms with van der Waals surface area (Å²) in [7, 11) is 1.99. The zero-order valence-corrected chi connectivity index (χ0v) is 28.8. The smallest absolute Gasteiger partial charge is 0.271 e. The maximum Gasteiger partial charge on any atom is 0.271 e. The van der Waals surface area contributed by atoms with Gasteiger partial charge in [0.05, 0.1) is 30.8 Å². The van der Waals surface area contributed by atoms with Crippen molar-refractivity contribution in [2.75, 3.05) is 52.3 Å². The third-order valence-corrected chi connectivity index (χ3v) is 11.5. The zero-order valence-electron chi connectivity index (χ0n) is 27.2. The Morgan fingerprint density at radius 2 is 1.62 bits per heavy atom. The summed E-state index contributed by atoms with van der Waals surface area (Å²) >= 11 is 6.66. The highest BCUT2D eigenvalue weighted by Crippen LogP contribution is 2.54. The van der Waals surface area contributed by atoms with E-state index >= 15 is 4.79 Å². The number of likely N-dealkylation sites (N-methyl/N-ethyl adjacent to an activating group) is 1. The quantitative estimate of drug-likeness (QED) is 0.316. The molecule has 1 unspecified atom stereocenters. The van der Waals surface area contributed by atoms with E-state index in [1.165, 1.54) is 24.1 Å². The highest BCUT2D eigenvalue weighted by molar-refractivity contribution is 7.93. The van der Waals surface area contributed by atoms with E-state index in [-0.39, 0.29) is 16.5 Å². The summed E-state index contributed by atoms with van der Waals surface area (Å²) in [5.41, 5.74) is 0.302. The van der Waals surface area contributed by atoms with Crippen LogP contribution in [0.3, 0.4) is 0 Å². The summed E-state index contributed by atoms with van der Waals surface area (Å²) in [6, 6.07) is 15.8. The van der Waals surface area contributed by atoms with Gasteiger partial charge in [0, 0.05) is 43.3 Å². The van der Waals surface area contributed by atoms with Crippen LogP contribution >= 0.6 is 11.6 Å². The molecule has 0 aromatic heterocycles. The van der Waals surface area contributed by atoms with E-state index in [0.717, 1.165) is 48.8 Å². The highest BCUT2D eigenvalue weighted by Gasteiger charge is 2.62. The molecule has 12 heteroatoms. The molecule has 3 aromatic rings. The third-order valence-electron chi connectivity index (χ3n) is 9.58. The predicted molar refractivity (Wildman–Crippen MR) is 180 cm³/mol. The number of carbonyl (C=O) groups is 2. The molecule has 3 aliphatic heterocycles. The van der Waals surface area contributed by atoms with Gasteiger partial charge >= 0.3 is 0 Å². The topological polar surface area (TPSA) is 99.7 Å². The first-order chi connectivity index (χ1) is 22.5. The lowest BCUT2D eigenvalue weighted by atomic mass is 9.78. The number of amides is 2. The van der Waals surface area contributed by atoms with Gasteiger partial charge in [-0.2, -0.15) is 0 Å². The van der Waals surface area contributed by atoms with Crippen molar-refractivity contribution in [2.24, 2.45) is 0 Å². The number of methoxy groups -OCH3 is 2. The number of nitrogens with zero attached hydrogens (tertiary/aromatic N) is 4. The van der Waals surface area contributed by atoms with Crippen molar-refractivity contribution >= 4 is 39.1 Å². The molecule has 2 saturated heterocycles. The van der Waals surface area contributed by atoms with Crippen LogP contribution in [0, 0.1) is 0 Å². The van der Waals surface area contributed by atoms with E-state index in [1.807, 2.05) is 23.1 Å². The number of halogens is 1. The third kappa shape index (κ3) is 5.67. The number of benzene rings is 3. The second kappa shape index (κ2) is 13.1. The molecule has 47 heavy (non-hydrogen) atoms. The fraction of sp³-hybridized carbons (Fsp3) is 0.429. The lowest BCUT2D eigenvalue weighted by Crippen LogP contribution is -2.62. The Hall–Kier alpha value is -3.64. The second-order valence-electron chi connectivity index (χ2n) is 12.6. The molecule has 2 fully saturated rings. The van der Waals surface area contributed by atoms with E-state index in [2.05, 4.69) is 4.90 Å². The van der Waals surface area contributed by atoms with E-state index in [0.29, 0.717) is 47.0 Å². The normalized spacial score (nSPS) is 21.9. The molecule has 0 aliphatic carbocycles. The molecule has 250 valence electrons. The van der Waals surface area contributed by atoms with Gasteiger partial charge < -0.3 is 14.4 Å². The van der Waals surface area contributed by atoms with Crippen LogP contribution in [0.15, 0.2) is 65.6 Å². The minimum Gasteiger partial charge on any atom is -0.497 e. The maximum atomic E-state index is 15.5. The van der Waals surface area contributed by atoms with E-state index in [4.69, 9.17) is 21.1 Å². The standard InChI is InChI=1S/C35H41ClN4O6S/c1-37(2)33(41)31-9-5-6-20-39(31)35(28-16-10-24(21-32(28)46-4)23-38-18-7-8-19-38)29-22-25(36)11-17-30(29)40(34(35)42)47(43,44)27-14-12-26(45-3)13-15-27/h10-17,21-22,31H,5-9,18-20,23H2,1-4H3/t31-,35?/m0/s1. The molecule has 0 N–H and O–H groups in total. The van der Waals surface area contributed by atoms with Gasteiger partial charge in [0.2, 0.25) is 5.91 Å². The average molecular weight is 681 g/mol. The largest absolute Gasteiger partial charge is 0.497 e. The van der Waals surface area contributed by atoms with Crippen LogP contribution in [-0.4, -0.2) is 88.9 Å². The Bertz CT molecular complexity index is 1780. The monoisotopic (exact) mass is 680 g/mol. The first kappa shape index (κ1) is 33.3. The van der Waals surface area contributed by atoms with Crippen molar-refractivity contribution in [3.05, 3.63) is 82.4 Å². The number of rotatable bonds is 9. The Labute approximate surface area is 281 Å². The summed E-state index contributed by atoms with van der Waals surface area (Å²) in [5.74, 6) is 0.0396. The maximum absolute atomic E-state index is 15.5. The number of sulfonamides is 1. The first-order valence-corrected chi connectivity index (χ1v) is 17.8. The number of hydrogen-bond acceptors (Lipinski definition) is 8. The van der Waals surface area contributed by atoms with Crippen molar-refractivity contribution in [3.63, 3.8) is 0 Å². The molecule has 3 heterocycles. The van der Waals surface area contributed by atoms with Crippen LogP contribution in [0.5, 0.6) is 11.5 Å². The van der Waals surface area contributed by atoms with Crippen molar-refractivity contribution in [1.29, 1.82) is 0 Å². The van der Waals surface area contributed by atoms with Gasteiger partial charge in [0.15, 0.2) is 5.54 Å². The molecule has 3 aliphatic rings. The van der Waals surface area contributed by atoms with Crippen molar-refractivity contribution in [3.8, 4) is 11.5 Å². The fourth-order valence-corrected chi connectivity index (χ4v) is 8.98. The number of ether oxygens (including phenoxy) is 2. The molecular formula is C35H41ClN4O6S. The van der Waals surface area contributed by atoms with Crippen LogP contribution in [0.2, 0.25) is 5.02 Å². The molecule has 0 radical (unpaired) electrons. The van der Waals surface area contributed by atoms with Crippen LogP contribution in [0.4, 0.5) is 5.69 Å². The summed E-state index contributed by atoms with van der Waals surface area (Å²) in [5, 5.41) is 0.335. The fourth-order valence-electron chi connectivity index (χ4n) is 7.35. The van der Waals surface area contributed by atoms with E-state index in [9.17, 15) is 13.2 Å². The first-order valence-electron chi connectivity index (χ1n) is 16.0. The van der Waals surface area contributed by atoms with Crippen molar-refractivity contribution in [2.45, 2.75) is 55.1 Å². The SMILES string of the molecule is COc1ccc(S(=O)(=O)N2C(=O)C(c3ccc(CN4CCCC4)cc3OC)(N3CCCC[C@H]3C(=O)N(C)C)c3cc(Cl)ccc32)cc1. The number of likely N-dealkylation sites (tertiary alicyclic amines) is 2. The highest BCUT2D eigenvalue weighted by atomic mass is 35.5. The molecule has 0 bridgehead atoms. The van der Waals surface area contributed by atoms with E-state index < -0.39 is 27.5 Å². The molecule has 3 aromatic carbocycles. The molecule has 6 rings (SSSR count). The Morgan fingerprint density at radius 3 is 2.28 bits per heavy atom. The Balaban J connectivity index is 1.61. The second-order valence-corrected chi connectivity index (χ2v) is 14.8. The summed E-state index contributed by atoms with van der Waals surface area (Å²) in [6.07, 6.45) is 4.30. The predicted octanol–water partition coefficient (Wildman–Crippen LogP) is 4.87. The number of anilines is 1. The summed E-state index contributed by atoms with van der Waals surface area (Å²) in [4.78, 5) is 35.0. The minimum atomic E-state index is -4.44. The molecule has 2 atom stereocenters. The average Bonchev–Trinajstić information content (AvgIpc) is 3.68. The number of piperidine rings is 1. The van der Waals surface area contributed by atoms with Crippen molar-refractivity contribution < 1.29 is 27.5 Å². The van der Waals surface area contributed by atoms with Crippen LogP contribution in [0.25, 0.3) is 0 Å². The minimum absolute atomic E-state index is 0.0733.